The van der Waals surface area contributed by atoms with Gasteiger partial charge in [0.05, 0.1) is 18.5 Å². The second-order valence-electron chi connectivity index (χ2n) is 4.64. The van der Waals surface area contributed by atoms with Gasteiger partial charge < -0.3 is 20.5 Å². The number of nitrogens with two attached hydrogens (primary N) is 1. The Hall–Kier alpha value is -1.82. The molecule has 1 aliphatic heterocycles. The lowest BCUT2D eigenvalue weighted by Crippen LogP contribution is -2.24. The Morgan fingerprint density at radius 3 is 3.11 bits per heavy atom. The third-order valence-corrected chi connectivity index (χ3v) is 3.23. The Morgan fingerprint density at radius 1 is 1.68 bits per heavy atom. The van der Waals surface area contributed by atoms with Crippen LogP contribution in [-0.2, 0) is 4.74 Å². The maximum absolute atomic E-state index is 11.9. The van der Waals surface area contributed by atoms with Crippen LogP contribution in [0.4, 0.5) is 11.5 Å². The van der Waals surface area contributed by atoms with Crippen molar-refractivity contribution in [3.8, 4) is 0 Å². The minimum Gasteiger partial charge on any atom is -0.462 e. The summed E-state index contributed by atoms with van der Waals surface area (Å²) in [4.78, 5) is 18.2. The minimum atomic E-state index is -0.412. The van der Waals surface area contributed by atoms with Crippen molar-refractivity contribution in [1.82, 2.24) is 4.98 Å². The number of pyridine rings is 1. The van der Waals surface area contributed by atoms with E-state index in [1.165, 1.54) is 6.20 Å². The van der Waals surface area contributed by atoms with Crippen molar-refractivity contribution < 1.29 is 14.6 Å². The second-order valence-corrected chi connectivity index (χ2v) is 4.64. The maximum atomic E-state index is 11.9. The Labute approximate surface area is 112 Å². The lowest BCUT2D eigenvalue weighted by molar-refractivity contribution is 0.0526. The van der Waals surface area contributed by atoms with Gasteiger partial charge in [-0.2, -0.15) is 0 Å². The molecule has 1 atom stereocenters. The highest BCUT2D eigenvalue weighted by atomic mass is 16.5. The van der Waals surface area contributed by atoms with E-state index in [0.29, 0.717) is 30.2 Å². The first-order valence-electron chi connectivity index (χ1n) is 6.44. The Bertz CT molecular complexity index is 464. The molecule has 2 heterocycles. The molecule has 6 heteroatoms. The molecule has 1 fully saturated rings. The largest absolute Gasteiger partial charge is 0.462 e. The molecule has 1 aliphatic rings. The van der Waals surface area contributed by atoms with E-state index >= 15 is 0 Å². The molecule has 19 heavy (non-hydrogen) atoms. The predicted octanol–water partition coefficient (Wildman–Crippen LogP) is 0.659. The zero-order valence-electron chi connectivity index (χ0n) is 11.0. The number of anilines is 2. The smallest absolute Gasteiger partial charge is 0.341 e. The summed E-state index contributed by atoms with van der Waals surface area (Å²) >= 11 is 0. The van der Waals surface area contributed by atoms with E-state index in [2.05, 4.69) is 4.98 Å². The van der Waals surface area contributed by atoms with Crippen molar-refractivity contribution in [1.29, 1.82) is 0 Å². The van der Waals surface area contributed by atoms with Crippen LogP contribution < -0.4 is 10.6 Å². The number of aliphatic hydroxyl groups is 1. The summed E-state index contributed by atoms with van der Waals surface area (Å²) in [6, 6.07) is 1.59. The lowest BCUT2D eigenvalue weighted by atomic mass is 10.1. The van der Waals surface area contributed by atoms with Gasteiger partial charge in [0, 0.05) is 25.6 Å². The van der Waals surface area contributed by atoms with Gasteiger partial charge in [0.2, 0.25) is 0 Å². The monoisotopic (exact) mass is 265 g/mol. The summed E-state index contributed by atoms with van der Waals surface area (Å²) in [6.07, 6.45) is 2.43. The number of rotatable bonds is 4. The van der Waals surface area contributed by atoms with Crippen LogP contribution in [0.25, 0.3) is 0 Å². The van der Waals surface area contributed by atoms with Crippen LogP contribution in [0, 0.1) is 5.92 Å². The van der Waals surface area contributed by atoms with E-state index in [4.69, 9.17) is 10.5 Å². The normalized spacial score (nSPS) is 18.6. The van der Waals surface area contributed by atoms with Crippen molar-refractivity contribution in [2.24, 2.45) is 5.92 Å². The van der Waals surface area contributed by atoms with Crippen molar-refractivity contribution >= 4 is 17.5 Å². The van der Waals surface area contributed by atoms with Crippen molar-refractivity contribution in [2.75, 3.05) is 36.9 Å². The quantitative estimate of drug-likeness (QED) is 0.777. The van der Waals surface area contributed by atoms with Gasteiger partial charge in [-0.05, 0) is 19.4 Å². The van der Waals surface area contributed by atoms with Crippen LogP contribution >= 0.6 is 0 Å². The topological polar surface area (TPSA) is 88.7 Å². The van der Waals surface area contributed by atoms with E-state index in [-0.39, 0.29) is 12.5 Å². The van der Waals surface area contributed by atoms with Crippen molar-refractivity contribution in [3.63, 3.8) is 0 Å². The third-order valence-electron chi connectivity index (χ3n) is 3.23. The van der Waals surface area contributed by atoms with E-state index < -0.39 is 5.97 Å². The van der Waals surface area contributed by atoms with Gasteiger partial charge in [-0.25, -0.2) is 9.78 Å². The number of carbonyl (C=O) groups excluding carboxylic acids is 1. The number of ether oxygens (including phenoxy) is 1. The lowest BCUT2D eigenvalue weighted by Gasteiger charge is -2.20. The number of esters is 1. The molecular formula is C13H19N3O3. The summed E-state index contributed by atoms with van der Waals surface area (Å²) in [5.41, 5.74) is 6.51. The number of hydrogen-bond acceptors (Lipinski definition) is 6. The van der Waals surface area contributed by atoms with E-state index in [1.807, 2.05) is 4.90 Å². The second kappa shape index (κ2) is 5.88. The average Bonchev–Trinajstić information content (AvgIpc) is 2.87. The molecule has 0 aliphatic carbocycles. The van der Waals surface area contributed by atoms with Crippen LogP contribution in [0.1, 0.15) is 23.7 Å². The van der Waals surface area contributed by atoms with E-state index in [1.54, 1.807) is 13.0 Å². The highest BCUT2D eigenvalue weighted by Crippen LogP contribution is 2.26. The summed E-state index contributed by atoms with van der Waals surface area (Å²) in [6.45, 7) is 3.69. The van der Waals surface area contributed by atoms with E-state index in [0.717, 1.165) is 13.0 Å². The molecule has 1 saturated heterocycles. The fourth-order valence-corrected chi connectivity index (χ4v) is 2.26. The number of nitrogens with zero attached hydrogens (tertiary/aromatic N) is 2. The molecule has 0 bridgehead atoms. The van der Waals surface area contributed by atoms with Crippen LogP contribution in [-0.4, -0.2) is 42.4 Å². The highest BCUT2D eigenvalue weighted by Gasteiger charge is 2.27. The van der Waals surface area contributed by atoms with E-state index in [9.17, 15) is 9.90 Å². The molecule has 104 valence electrons. The summed E-state index contributed by atoms with van der Waals surface area (Å²) in [7, 11) is 0. The van der Waals surface area contributed by atoms with Gasteiger partial charge in [0.1, 0.15) is 11.4 Å². The first kappa shape index (κ1) is 13.6. The molecule has 0 spiro atoms. The van der Waals surface area contributed by atoms with Gasteiger partial charge in [-0.3, -0.25) is 0 Å². The first-order chi connectivity index (χ1) is 9.15. The Morgan fingerprint density at radius 2 is 2.47 bits per heavy atom. The molecule has 0 radical (unpaired) electrons. The van der Waals surface area contributed by atoms with Gasteiger partial charge in [0.25, 0.3) is 0 Å². The molecule has 0 aromatic carbocycles. The van der Waals surface area contributed by atoms with Crippen LogP contribution in [0.5, 0.6) is 0 Å². The molecule has 1 aromatic heterocycles. The summed E-state index contributed by atoms with van der Waals surface area (Å²) < 4.78 is 5.03. The zero-order chi connectivity index (χ0) is 13.8. The molecule has 1 aromatic rings. The number of aromatic nitrogens is 1. The first-order valence-corrected chi connectivity index (χ1v) is 6.44. The maximum Gasteiger partial charge on any atom is 0.341 e. The molecule has 1 unspecified atom stereocenters. The molecule has 6 nitrogen and oxygen atoms in total. The van der Waals surface area contributed by atoms with Gasteiger partial charge in [-0.15, -0.1) is 0 Å². The fourth-order valence-electron chi connectivity index (χ4n) is 2.26. The van der Waals surface area contributed by atoms with Gasteiger partial charge >= 0.3 is 5.97 Å². The Kier molecular flexibility index (Phi) is 4.21. The molecule has 0 amide bonds. The van der Waals surface area contributed by atoms with Crippen molar-refractivity contribution in [2.45, 2.75) is 13.3 Å². The summed E-state index contributed by atoms with van der Waals surface area (Å²) in [5.74, 6) is 0.405. The number of aliphatic hydroxyl groups excluding tert-OH is 1. The average molecular weight is 265 g/mol. The molecular weight excluding hydrogens is 246 g/mol. The SMILES string of the molecule is CCOC(=O)c1cc(N)cnc1N1CCC(CO)C1. The van der Waals surface area contributed by atoms with Gasteiger partial charge in [0.15, 0.2) is 0 Å². The predicted molar refractivity (Wildman–Crippen MR) is 72.0 cm³/mol. The van der Waals surface area contributed by atoms with Gasteiger partial charge in [-0.1, -0.05) is 0 Å². The molecule has 3 N–H and O–H groups in total. The number of hydrogen-bond donors (Lipinski definition) is 2. The third kappa shape index (κ3) is 2.96. The van der Waals surface area contributed by atoms with Crippen LogP contribution in [0.15, 0.2) is 12.3 Å². The number of carbonyl (C=O) groups is 1. The number of nitrogen functional groups attached to an aromatic ring is 1. The minimum absolute atomic E-state index is 0.153. The highest BCUT2D eigenvalue weighted by molar-refractivity contribution is 5.95. The standard InChI is InChI=1S/C13H19N3O3/c1-2-19-13(18)11-5-10(14)6-15-12(11)16-4-3-9(7-16)8-17/h5-6,9,17H,2-4,7-8,14H2,1H3. The Balaban J connectivity index is 2.27. The fraction of sp³-hybridized carbons (Fsp3) is 0.538. The molecule has 2 rings (SSSR count). The molecule has 0 saturated carbocycles. The van der Waals surface area contributed by atoms with Crippen molar-refractivity contribution in [3.05, 3.63) is 17.8 Å². The summed E-state index contributed by atoms with van der Waals surface area (Å²) in [5, 5.41) is 9.18. The van der Waals surface area contributed by atoms with Crippen LogP contribution in [0.3, 0.4) is 0 Å². The van der Waals surface area contributed by atoms with Crippen LogP contribution in [0.2, 0.25) is 0 Å². The zero-order valence-corrected chi connectivity index (χ0v) is 11.0.